The molecule has 0 spiro atoms. The minimum atomic E-state index is -0.239. The molecule has 0 aliphatic rings. The quantitative estimate of drug-likeness (QED) is 0.629. The van der Waals surface area contributed by atoms with E-state index >= 15 is 0 Å². The van der Waals surface area contributed by atoms with Gasteiger partial charge in [-0.05, 0) is 18.6 Å². The molecule has 3 rings (SSSR count). The molecule has 1 N–H and O–H groups in total. The molecule has 2 amide bonds. The van der Waals surface area contributed by atoms with Crippen LogP contribution in [0.1, 0.15) is 26.7 Å². The van der Waals surface area contributed by atoms with Crippen molar-refractivity contribution in [1.82, 2.24) is 14.7 Å². The average molecular weight is 390 g/mol. The number of para-hydroxylation sites is 1. The van der Waals surface area contributed by atoms with Crippen LogP contribution in [0.5, 0.6) is 0 Å². The summed E-state index contributed by atoms with van der Waals surface area (Å²) in [5, 5.41) is 7.63. The molecule has 2 aromatic carbocycles. The van der Waals surface area contributed by atoms with Crippen LogP contribution in [-0.2, 0) is 9.59 Å². The molecule has 0 radical (unpaired) electrons. The number of carbonyl (C=O) groups excluding carboxylic acids is 2. The van der Waals surface area contributed by atoms with E-state index in [-0.39, 0.29) is 18.4 Å². The topological polar surface area (TPSA) is 67.2 Å². The van der Waals surface area contributed by atoms with Gasteiger partial charge in [0.2, 0.25) is 11.8 Å². The molecule has 6 heteroatoms. The Labute approximate surface area is 171 Å². The zero-order chi connectivity index (χ0) is 20.6. The Balaban J connectivity index is 1.88. The van der Waals surface area contributed by atoms with Gasteiger partial charge in [0.25, 0.3) is 0 Å². The maximum atomic E-state index is 12.7. The molecule has 29 heavy (non-hydrogen) atoms. The largest absolute Gasteiger partial charge is 0.333 e. The number of hydrogen-bond donors (Lipinski definition) is 1. The second-order valence-corrected chi connectivity index (χ2v) is 6.75. The summed E-state index contributed by atoms with van der Waals surface area (Å²) >= 11 is 0. The van der Waals surface area contributed by atoms with Crippen molar-refractivity contribution in [2.24, 2.45) is 0 Å². The molecule has 0 aliphatic heterocycles. The molecular weight excluding hydrogens is 364 g/mol. The van der Waals surface area contributed by atoms with Crippen molar-refractivity contribution in [1.29, 1.82) is 0 Å². The predicted molar refractivity (Wildman–Crippen MR) is 115 cm³/mol. The monoisotopic (exact) mass is 390 g/mol. The smallest absolute Gasteiger partial charge is 0.245 e. The fourth-order valence-corrected chi connectivity index (χ4v) is 3.13. The number of carbonyl (C=O) groups is 2. The van der Waals surface area contributed by atoms with Gasteiger partial charge in [0.05, 0.1) is 17.9 Å². The van der Waals surface area contributed by atoms with Crippen molar-refractivity contribution < 1.29 is 9.59 Å². The van der Waals surface area contributed by atoms with Gasteiger partial charge in [0.1, 0.15) is 5.82 Å². The highest BCUT2D eigenvalue weighted by Gasteiger charge is 2.18. The molecule has 6 nitrogen and oxygen atoms in total. The first-order valence-corrected chi connectivity index (χ1v) is 9.91. The summed E-state index contributed by atoms with van der Waals surface area (Å²) in [5.74, 6) is 0.306. The molecule has 0 fully saturated rings. The molecule has 150 valence electrons. The Morgan fingerprint density at radius 3 is 2.28 bits per heavy atom. The number of nitrogens with zero attached hydrogens (tertiary/aromatic N) is 3. The molecule has 1 aromatic heterocycles. The number of aromatic nitrogens is 2. The lowest BCUT2D eigenvalue weighted by molar-refractivity contribution is -0.134. The van der Waals surface area contributed by atoms with E-state index in [1.807, 2.05) is 73.7 Å². The van der Waals surface area contributed by atoms with E-state index < -0.39 is 0 Å². The molecule has 3 aromatic rings. The van der Waals surface area contributed by atoms with E-state index in [0.29, 0.717) is 18.8 Å². The van der Waals surface area contributed by atoms with Gasteiger partial charge in [0.15, 0.2) is 0 Å². The maximum Gasteiger partial charge on any atom is 0.245 e. The molecular formula is C23H26N4O2. The van der Waals surface area contributed by atoms with Gasteiger partial charge in [-0.15, -0.1) is 0 Å². The van der Waals surface area contributed by atoms with Crippen molar-refractivity contribution in [2.45, 2.75) is 26.7 Å². The van der Waals surface area contributed by atoms with Crippen LogP contribution in [-0.4, -0.2) is 39.6 Å². The number of amides is 2. The van der Waals surface area contributed by atoms with E-state index in [4.69, 9.17) is 5.10 Å². The molecule has 0 unspecified atom stereocenters. The third-order valence-electron chi connectivity index (χ3n) is 4.53. The maximum absolute atomic E-state index is 12.7. The van der Waals surface area contributed by atoms with Gasteiger partial charge in [-0.2, -0.15) is 5.10 Å². The molecule has 0 saturated heterocycles. The van der Waals surface area contributed by atoms with Crippen molar-refractivity contribution >= 4 is 17.6 Å². The third-order valence-corrected chi connectivity index (χ3v) is 4.53. The fraction of sp³-hybridized carbons (Fsp3) is 0.261. The zero-order valence-corrected chi connectivity index (χ0v) is 16.8. The summed E-state index contributed by atoms with van der Waals surface area (Å²) in [7, 11) is 0. The highest BCUT2D eigenvalue weighted by atomic mass is 16.2. The lowest BCUT2D eigenvalue weighted by Crippen LogP contribution is -2.38. The van der Waals surface area contributed by atoms with Crippen LogP contribution in [0.2, 0.25) is 0 Å². The van der Waals surface area contributed by atoms with E-state index in [2.05, 4.69) is 5.32 Å². The second kappa shape index (κ2) is 9.68. The van der Waals surface area contributed by atoms with Gasteiger partial charge in [-0.25, -0.2) is 4.68 Å². The van der Waals surface area contributed by atoms with Crippen LogP contribution < -0.4 is 5.32 Å². The standard InChI is InChI=1S/C23H26N4O2/c1-3-15-26(23(29)4-2)17-22(28)24-21-16-20(18-11-7-5-8-12-18)25-27(21)19-13-9-6-10-14-19/h5-14,16H,3-4,15,17H2,1-2H3,(H,24,28). The second-order valence-electron chi connectivity index (χ2n) is 6.75. The van der Waals surface area contributed by atoms with Crippen LogP contribution in [0.25, 0.3) is 16.9 Å². The molecule has 1 heterocycles. The minimum Gasteiger partial charge on any atom is -0.333 e. The van der Waals surface area contributed by atoms with Crippen molar-refractivity contribution in [3.8, 4) is 16.9 Å². The van der Waals surface area contributed by atoms with Crippen LogP contribution >= 0.6 is 0 Å². The first-order chi connectivity index (χ1) is 14.1. The summed E-state index contributed by atoms with van der Waals surface area (Å²) in [4.78, 5) is 26.4. The van der Waals surface area contributed by atoms with E-state index in [1.165, 1.54) is 0 Å². The van der Waals surface area contributed by atoms with Gasteiger partial charge in [0, 0.05) is 24.6 Å². The van der Waals surface area contributed by atoms with Gasteiger partial charge in [-0.3, -0.25) is 9.59 Å². The summed E-state index contributed by atoms with van der Waals surface area (Å²) in [6.07, 6.45) is 1.19. The normalized spacial score (nSPS) is 10.6. The number of anilines is 1. The Kier molecular flexibility index (Phi) is 6.79. The minimum absolute atomic E-state index is 0.0245. The molecule has 0 saturated carbocycles. The van der Waals surface area contributed by atoms with Gasteiger partial charge < -0.3 is 10.2 Å². The summed E-state index contributed by atoms with van der Waals surface area (Å²) < 4.78 is 1.71. The molecule has 0 aliphatic carbocycles. The summed E-state index contributed by atoms with van der Waals surface area (Å²) in [6.45, 7) is 4.39. The highest BCUT2D eigenvalue weighted by molar-refractivity contribution is 5.94. The Bertz CT molecular complexity index is 952. The van der Waals surface area contributed by atoms with Crippen molar-refractivity contribution in [2.75, 3.05) is 18.4 Å². The third kappa shape index (κ3) is 5.10. The van der Waals surface area contributed by atoms with Crippen molar-refractivity contribution in [3.05, 3.63) is 66.7 Å². The van der Waals surface area contributed by atoms with Crippen LogP contribution in [0.3, 0.4) is 0 Å². The van der Waals surface area contributed by atoms with Crippen LogP contribution in [0.15, 0.2) is 66.7 Å². The molecule has 0 bridgehead atoms. The summed E-state index contributed by atoms with van der Waals surface area (Å²) in [5.41, 5.74) is 2.58. The van der Waals surface area contributed by atoms with Crippen LogP contribution in [0, 0.1) is 0 Å². The van der Waals surface area contributed by atoms with Gasteiger partial charge in [-0.1, -0.05) is 62.4 Å². The lowest BCUT2D eigenvalue weighted by atomic mass is 10.1. The molecule has 0 atom stereocenters. The summed E-state index contributed by atoms with van der Waals surface area (Å²) in [6, 6.07) is 21.3. The van der Waals surface area contributed by atoms with Crippen molar-refractivity contribution in [3.63, 3.8) is 0 Å². The number of nitrogens with one attached hydrogen (secondary N) is 1. The average Bonchev–Trinajstić information content (AvgIpc) is 3.17. The lowest BCUT2D eigenvalue weighted by Gasteiger charge is -2.21. The predicted octanol–water partition coefficient (Wildman–Crippen LogP) is 4.13. The fourth-order valence-electron chi connectivity index (χ4n) is 3.13. The first kappa shape index (κ1) is 20.3. The van der Waals surface area contributed by atoms with E-state index in [9.17, 15) is 9.59 Å². The zero-order valence-electron chi connectivity index (χ0n) is 16.8. The Morgan fingerprint density at radius 1 is 1.00 bits per heavy atom. The number of rotatable bonds is 8. The number of benzene rings is 2. The van der Waals surface area contributed by atoms with E-state index in [0.717, 1.165) is 23.4 Å². The SMILES string of the molecule is CCCN(CC(=O)Nc1cc(-c2ccccc2)nn1-c1ccccc1)C(=O)CC. The number of hydrogen-bond acceptors (Lipinski definition) is 3. The van der Waals surface area contributed by atoms with Crippen LogP contribution in [0.4, 0.5) is 5.82 Å². The first-order valence-electron chi connectivity index (χ1n) is 9.91. The highest BCUT2D eigenvalue weighted by Crippen LogP contribution is 2.24. The Hall–Kier alpha value is -3.41. The van der Waals surface area contributed by atoms with Gasteiger partial charge >= 0.3 is 0 Å². The van der Waals surface area contributed by atoms with E-state index in [1.54, 1.807) is 16.5 Å². The Morgan fingerprint density at radius 2 is 1.66 bits per heavy atom.